The van der Waals surface area contributed by atoms with Crippen molar-refractivity contribution in [2.45, 2.75) is 36.6 Å². The lowest BCUT2D eigenvalue weighted by Gasteiger charge is -2.27. The standard InChI is InChI=1S/C9H16N2S2/c1-7-10-9(13-8(2)12-7)11-5-3-4-6-11/h7-8H,3-6H2,1-2H3. The molecular weight excluding hydrogens is 200 g/mol. The van der Waals surface area contributed by atoms with Gasteiger partial charge in [0.05, 0.1) is 9.96 Å². The Morgan fingerprint density at radius 3 is 2.62 bits per heavy atom. The highest BCUT2D eigenvalue weighted by Gasteiger charge is 2.24. The van der Waals surface area contributed by atoms with Crippen LogP contribution in [0.3, 0.4) is 0 Å². The maximum absolute atomic E-state index is 4.68. The van der Waals surface area contributed by atoms with E-state index in [9.17, 15) is 0 Å². The summed E-state index contributed by atoms with van der Waals surface area (Å²) >= 11 is 3.88. The van der Waals surface area contributed by atoms with Crippen LogP contribution in [0.2, 0.25) is 0 Å². The van der Waals surface area contributed by atoms with Gasteiger partial charge in [0, 0.05) is 13.1 Å². The summed E-state index contributed by atoms with van der Waals surface area (Å²) in [4.78, 5) is 7.13. The zero-order chi connectivity index (χ0) is 9.26. The molecular formula is C9H16N2S2. The highest BCUT2D eigenvalue weighted by atomic mass is 32.2. The zero-order valence-corrected chi connectivity index (χ0v) is 9.83. The maximum Gasteiger partial charge on any atom is 0.161 e. The Kier molecular flexibility index (Phi) is 3.09. The SMILES string of the molecule is CC1N=C(N2CCCC2)SC(C)S1. The molecule has 2 unspecified atom stereocenters. The molecule has 13 heavy (non-hydrogen) atoms. The van der Waals surface area contributed by atoms with Gasteiger partial charge in [0.15, 0.2) is 5.17 Å². The van der Waals surface area contributed by atoms with Gasteiger partial charge in [-0.1, -0.05) is 11.8 Å². The number of rotatable bonds is 0. The first-order valence-electron chi connectivity index (χ1n) is 4.90. The van der Waals surface area contributed by atoms with E-state index in [1.807, 2.05) is 23.5 Å². The lowest BCUT2D eigenvalue weighted by atomic mass is 10.4. The molecule has 0 bridgehead atoms. The quantitative estimate of drug-likeness (QED) is 0.619. The van der Waals surface area contributed by atoms with Crippen LogP contribution in [0.1, 0.15) is 26.7 Å². The van der Waals surface area contributed by atoms with E-state index in [-0.39, 0.29) is 0 Å². The van der Waals surface area contributed by atoms with Crippen LogP contribution in [0.15, 0.2) is 4.99 Å². The van der Waals surface area contributed by atoms with Crippen LogP contribution in [0, 0.1) is 0 Å². The molecule has 2 aliphatic heterocycles. The Hall–Kier alpha value is 0.170. The van der Waals surface area contributed by atoms with E-state index in [1.165, 1.54) is 31.1 Å². The molecule has 74 valence electrons. The Bertz CT molecular complexity index is 212. The Morgan fingerprint density at radius 1 is 1.31 bits per heavy atom. The highest BCUT2D eigenvalue weighted by molar-refractivity contribution is 8.25. The fraction of sp³-hybridized carbons (Fsp3) is 0.889. The van der Waals surface area contributed by atoms with Gasteiger partial charge in [0.1, 0.15) is 0 Å². The fourth-order valence-electron chi connectivity index (χ4n) is 1.73. The number of likely N-dealkylation sites (tertiary alicyclic amines) is 1. The third-order valence-electron chi connectivity index (χ3n) is 2.33. The molecule has 1 fully saturated rings. The molecule has 0 spiro atoms. The van der Waals surface area contributed by atoms with Crippen molar-refractivity contribution in [1.82, 2.24) is 4.90 Å². The van der Waals surface area contributed by atoms with Gasteiger partial charge in [-0.3, -0.25) is 0 Å². The van der Waals surface area contributed by atoms with E-state index in [2.05, 4.69) is 23.7 Å². The fourth-order valence-corrected chi connectivity index (χ4v) is 4.33. The van der Waals surface area contributed by atoms with Crippen molar-refractivity contribution in [3.63, 3.8) is 0 Å². The summed E-state index contributed by atoms with van der Waals surface area (Å²) in [5.41, 5.74) is 0. The molecule has 0 aromatic carbocycles. The third kappa shape index (κ3) is 2.34. The summed E-state index contributed by atoms with van der Waals surface area (Å²) in [5.74, 6) is 0. The van der Waals surface area contributed by atoms with E-state index in [0.717, 1.165) is 0 Å². The second kappa shape index (κ2) is 4.13. The Morgan fingerprint density at radius 2 is 2.00 bits per heavy atom. The third-order valence-corrected chi connectivity index (χ3v) is 4.74. The highest BCUT2D eigenvalue weighted by Crippen LogP contribution is 2.35. The van der Waals surface area contributed by atoms with E-state index in [1.54, 1.807) is 0 Å². The molecule has 0 aromatic heterocycles. The van der Waals surface area contributed by atoms with Crippen LogP contribution in [0.5, 0.6) is 0 Å². The van der Waals surface area contributed by atoms with Gasteiger partial charge in [-0.2, -0.15) is 0 Å². The molecule has 2 aliphatic rings. The van der Waals surface area contributed by atoms with Crippen LogP contribution < -0.4 is 0 Å². The van der Waals surface area contributed by atoms with Gasteiger partial charge < -0.3 is 4.90 Å². The summed E-state index contributed by atoms with van der Waals surface area (Å²) in [7, 11) is 0. The molecule has 0 aromatic rings. The first kappa shape index (κ1) is 9.71. The smallest absolute Gasteiger partial charge is 0.161 e. The van der Waals surface area contributed by atoms with Crippen molar-refractivity contribution < 1.29 is 0 Å². The number of hydrogen-bond acceptors (Lipinski definition) is 4. The molecule has 0 radical (unpaired) electrons. The van der Waals surface area contributed by atoms with E-state index in [0.29, 0.717) is 9.96 Å². The van der Waals surface area contributed by atoms with Gasteiger partial charge >= 0.3 is 0 Å². The molecule has 4 heteroatoms. The zero-order valence-electron chi connectivity index (χ0n) is 8.19. The Labute approximate surface area is 88.5 Å². The van der Waals surface area contributed by atoms with Gasteiger partial charge in [0.25, 0.3) is 0 Å². The van der Waals surface area contributed by atoms with Crippen LogP contribution in [-0.4, -0.2) is 33.1 Å². The van der Waals surface area contributed by atoms with Crippen molar-refractivity contribution in [1.29, 1.82) is 0 Å². The van der Waals surface area contributed by atoms with Crippen molar-refractivity contribution >= 4 is 28.7 Å². The minimum absolute atomic E-state index is 0.451. The molecule has 0 N–H and O–H groups in total. The molecule has 2 atom stereocenters. The first-order chi connectivity index (χ1) is 6.25. The monoisotopic (exact) mass is 216 g/mol. The second-order valence-electron chi connectivity index (χ2n) is 3.53. The summed E-state index contributed by atoms with van der Waals surface area (Å²) in [6.45, 7) is 6.90. The normalized spacial score (nSPS) is 34.9. The lowest BCUT2D eigenvalue weighted by molar-refractivity contribution is 0.527. The van der Waals surface area contributed by atoms with Crippen LogP contribution in [-0.2, 0) is 0 Å². The topological polar surface area (TPSA) is 15.6 Å². The largest absolute Gasteiger partial charge is 0.351 e. The number of nitrogens with zero attached hydrogens (tertiary/aromatic N) is 2. The van der Waals surface area contributed by atoms with Gasteiger partial charge in [-0.15, -0.1) is 11.8 Å². The number of thioether (sulfide) groups is 2. The predicted molar refractivity (Wildman–Crippen MR) is 62.3 cm³/mol. The average molecular weight is 216 g/mol. The molecule has 1 saturated heterocycles. The lowest BCUT2D eigenvalue weighted by Crippen LogP contribution is -2.29. The van der Waals surface area contributed by atoms with E-state index >= 15 is 0 Å². The van der Waals surface area contributed by atoms with Gasteiger partial charge in [-0.25, -0.2) is 4.99 Å². The summed E-state index contributed by atoms with van der Waals surface area (Å²) < 4.78 is 0.670. The molecule has 0 aliphatic carbocycles. The Balaban J connectivity index is 2.04. The van der Waals surface area contributed by atoms with Crippen molar-refractivity contribution in [3.05, 3.63) is 0 Å². The number of aliphatic imine (C=N–C) groups is 1. The number of hydrogen-bond donors (Lipinski definition) is 0. The molecule has 0 saturated carbocycles. The maximum atomic E-state index is 4.68. The van der Waals surface area contributed by atoms with E-state index in [4.69, 9.17) is 0 Å². The number of amidine groups is 1. The van der Waals surface area contributed by atoms with Gasteiger partial charge in [-0.05, 0) is 26.7 Å². The minimum atomic E-state index is 0.451. The summed E-state index contributed by atoms with van der Waals surface area (Å²) in [6, 6.07) is 0. The first-order valence-corrected chi connectivity index (χ1v) is 6.73. The molecule has 2 rings (SSSR count). The van der Waals surface area contributed by atoms with Crippen LogP contribution in [0.25, 0.3) is 0 Å². The second-order valence-corrected chi connectivity index (χ2v) is 6.79. The van der Waals surface area contributed by atoms with Crippen molar-refractivity contribution in [2.24, 2.45) is 4.99 Å². The van der Waals surface area contributed by atoms with Crippen LogP contribution >= 0.6 is 23.5 Å². The summed E-state index contributed by atoms with van der Waals surface area (Å²) in [5, 5.41) is 1.74. The van der Waals surface area contributed by atoms with Crippen molar-refractivity contribution in [2.75, 3.05) is 13.1 Å². The summed E-state index contributed by atoms with van der Waals surface area (Å²) in [6.07, 6.45) is 2.69. The predicted octanol–water partition coefficient (Wildman–Crippen LogP) is 2.61. The van der Waals surface area contributed by atoms with Crippen LogP contribution in [0.4, 0.5) is 0 Å². The average Bonchev–Trinajstić information content (AvgIpc) is 2.53. The molecule has 2 heterocycles. The minimum Gasteiger partial charge on any atom is -0.351 e. The molecule has 2 nitrogen and oxygen atoms in total. The molecule has 0 amide bonds. The van der Waals surface area contributed by atoms with Crippen molar-refractivity contribution in [3.8, 4) is 0 Å². The van der Waals surface area contributed by atoms with Gasteiger partial charge in [0.2, 0.25) is 0 Å². The van der Waals surface area contributed by atoms with E-state index < -0.39 is 0 Å².